The molecule has 1 atom stereocenters. The highest BCUT2D eigenvalue weighted by molar-refractivity contribution is 7.86. The molecule has 0 aromatic heterocycles. The van der Waals surface area contributed by atoms with Crippen LogP contribution < -0.4 is 0 Å². The first-order valence-electron chi connectivity index (χ1n) is 6.13. The van der Waals surface area contributed by atoms with Crippen molar-refractivity contribution in [3.63, 3.8) is 0 Å². The van der Waals surface area contributed by atoms with E-state index in [0.29, 0.717) is 19.8 Å². The zero-order valence-corrected chi connectivity index (χ0v) is 13.3. The average molecular weight is 311 g/mol. The first-order chi connectivity index (χ1) is 8.85. The van der Waals surface area contributed by atoms with Crippen LogP contribution in [0.25, 0.3) is 0 Å². The van der Waals surface area contributed by atoms with E-state index in [1.807, 2.05) is 0 Å². The summed E-state index contributed by atoms with van der Waals surface area (Å²) in [5, 5.41) is 7.27. The molecule has 7 nitrogen and oxygen atoms in total. The smallest absolute Gasteiger partial charge is 0.374 e. The topological polar surface area (TPSA) is 106 Å². The van der Waals surface area contributed by atoms with Crippen molar-refractivity contribution in [2.75, 3.05) is 19.8 Å². The van der Waals surface area contributed by atoms with Crippen LogP contribution in [0, 0.1) is 11.3 Å². The van der Waals surface area contributed by atoms with Gasteiger partial charge in [0.05, 0.1) is 6.07 Å². The Balaban J connectivity index is 4.86. The van der Waals surface area contributed by atoms with E-state index in [4.69, 9.17) is 23.1 Å². The Kier molecular flexibility index (Phi) is 8.40. The Morgan fingerprint density at radius 1 is 1.16 bits per heavy atom. The summed E-state index contributed by atoms with van der Waals surface area (Å²) in [5.41, 5.74) is 0. The first kappa shape index (κ1) is 18.5. The van der Waals surface area contributed by atoms with E-state index in [9.17, 15) is 8.42 Å². The maximum Gasteiger partial charge on any atom is 0.501 e. The molecule has 0 aromatic carbocycles. The van der Waals surface area contributed by atoms with Crippen LogP contribution in [0.3, 0.4) is 0 Å². The van der Waals surface area contributed by atoms with E-state index in [-0.39, 0.29) is 12.5 Å². The Morgan fingerprint density at radius 2 is 1.58 bits per heavy atom. The van der Waals surface area contributed by atoms with Gasteiger partial charge >= 0.3 is 8.80 Å². The lowest BCUT2D eigenvalue weighted by Gasteiger charge is -2.28. The largest absolute Gasteiger partial charge is 0.501 e. The summed E-state index contributed by atoms with van der Waals surface area (Å²) in [6.07, 6.45) is -0.0818. The molecule has 0 spiro atoms. The van der Waals surface area contributed by atoms with Crippen molar-refractivity contribution in [1.29, 1.82) is 5.26 Å². The van der Waals surface area contributed by atoms with E-state index < -0.39 is 24.2 Å². The second-order valence-corrected chi connectivity index (χ2v) is 7.98. The highest BCUT2D eigenvalue weighted by atomic mass is 32.2. The van der Waals surface area contributed by atoms with Gasteiger partial charge in [-0.05, 0) is 27.2 Å². The Bertz CT molecular complexity index is 376. The summed E-state index contributed by atoms with van der Waals surface area (Å²) in [4.78, 5) is 0. The molecule has 0 rings (SSSR count). The van der Waals surface area contributed by atoms with Crippen LogP contribution >= 0.6 is 0 Å². The molecule has 0 radical (unpaired) electrons. The van der Waals surface area contributed by atoms with Gasteiger partial charge in [-0.1, -0.05) is 0 Å². The minimum atomic E-state index is -4.39. The molecule has 0 saturated heterocycles. The predicted molar refractivity (Wildman–Crippen MR) is 71.0 cm³/mol. The first-order valence-corrected chi connectivity index (χ1v) is 9.56. The van der Waals surface area contributed by atoms with Crippen molar-refractivity contribution in [3.05, 3.63) is 0 Å². The fourth-order valence-electron chi connectivity index (χ4n) is 1.59. The molecular formula is C10H21NO6SSi. The highest BCUT2D eigenvalue weighted by Crippen LogP contribution is 2.21. The molecule has 0 amide bonds. The van der Waals surface area contributed by atoms with E-state index in [0.717, 1.165) is 0 Å². The van der Waals surface area contributed by atoms with Crippen LogP contribution in [0.15, 0.2) is 0 Å². The molecule has 0 fully saturated rings. The van der Waals surface area contributed by atoms with Crippen molar-refractivity contribution in [2.45, 2.75) is 38.5 Å². The van der Waals surface area contributed by atoms with Crippen LogP contribution in [0.4, 0.5) is 0 Å². The Morgan fingerprint density at radius 3 is 1.84 bits per heavy atom. The molecular weight excluding hydrogens is 290 g/mol. The van der Waals surface area contributed by atoms with Gasteiger partial charge < -0.3 is 13.3 Å². The number of hydrogen-bond acceptors (Lipinski definition) is 6. The van der Waals surface area contributed by atoms with Gasteiger partial charge in [-0.2, -0.15) is 13.7 Å². The third-order valence-electron chi connectivity index (χ3n) is 2.31. The average Bonchev–Trinajstić information content (AvgIpc) is 2.29. The second kappa shape index (κ2) is 8.62. The Labute approximate surface area is 115 Å². The fourth-order valence-corrected chi connectivity index (χ4v) is 4.99. The monoisotopic (exact) mass is 311 g/mol. The summed E-state index contributed by atoms with van der Waals surface area (Å²) < 4.78 is 47.4. The molecule has 0 heterocycles. The summed E-state index contributed by atoms with van der Waals surface area (Å²) in [6.45, 7) is 6.46. The fraction of sp³-hybridized carbons (Fsp3) is 0.900. The van der Waals surface area contributed by atoms with Gasteiger partial charge in [0.15, 0.2) is 5.25 Å². The molecule has 0 aliphatic rings. The molecule has 19 heavy (non-hydrogen) atoms. The van der Waals surface area contributed by atoms with Crippen LogP contribution in [-0.2, 0) is 23.4 Å². The SMILES string of the molecule is CCO[Si](CCC(C#N)S(=O)(=O)O)(OCC)OCC. The number of nitriles is 1. The summed E-state index contributed by atoms with van der Waals surface area (Å²) in [7, 11) is -7.37. The maximum absolute atomic E-state index is 11.0. The third kappa shape index (κ3) is 6.46. The van der Waals surface area contributed by atoms with Gasteiger partial charge in [-0.3, -0.25) is 4.55 Å². The van der Waals surface area contributed by atoms with Crippen molar-refractivity contribution >= 4 is 18.9 Å². The van der Waals surface area contributed by atoms with Crippen LogP contribution in [0.1, 0.15) is 27.2 Å². The molecule has 0 bridgehead atoms. The molecule has 0 aliphatic heterocycles. The van der Waals surface area contributed by atoms with Crippen molar-refractivity contribution in [2.24, 2.45) is 0 Å². The molecule has 1 N–H and O–H groups in total. The lowest BCUT2D eigenvalue weighted by atomic mass is 10.4. The van der Waals surface area contributed by atoms with Crippen LogP contribution in [-0.4, -0.2) is 46.8 Å². The van der Waals surface area contributed by atoms with Crippen molar-refractivity contribution in [1.82, 2.24) is 0 Å². The van der Waals surface area contributed by atoms with Crippen molar-refractivity contribution in [3.8, 4) is 6.07 Å². The van der Waals surface area contributed by atoms with E-state index in [1.165, 1.54) is 0 Å². The minimum absolute atomic E-state index is 0.0818. The number of rotatable bonds is 10. The zero-order valence-electron chi connectivity index (χ0n) is 11.5. The molecule has 112 valence electrons. The normalized spacial score (nSPS) is 14.1. The number of nitrogens with zero attached hydrogens (tertiary/aromatic N) is 1. The summed E-state index contributed by atoms with van der Waals surface area (Å²) >= 11 is 0. The second-order valence-electron chi connectivity index (χ2n) is 3.65. The van der Waals surface area contributed by atoms with Gasteiger partial charge in [0, 0.05) is 25.9 Å². The highest BCUT2D eigenvalue weighted by Gasteiger charge is 2.42. The molecule has 0 saturated carbocycles. The van der Waals surface area contributed by atoms with Gasteiger partial charge in [0.2, 0.25) is 0 Å². The van der Waals surface area contributed by atoms with E-state index in [2.05, 4.69) is 0 Å². The van der Waals surface area contributed by atoms with Gasteiger partial charge in [-0.25, -0.2) is 0 Å². The lowest BCUT2D eigenvalue weighted by Crippen LogP contribution is -2.46. The molecule has 0 aliphatic carbocycles. The molecule has 9 heteroatoms. The van der Waals surface area contributed by atoms with Gasteiger partial charge in [0.25, 0.3) is 10.1 Å². The lowest BCUT2D eigenvalue weighted by molar-refractivity contribution is 0.0709. The minimum Gasteiger partial charge on any atom is -0.374 e. The summed E-state index contributed by atoms with van der Waals surface area (Å²) in [5.74, 6) is 0. The maximum atomic E-state index is 11.0. The summed E-state index contributed by atoms with van der Waals surface area (Å²) in [6, 6.07) is 1.73. The quantitative estimate of drug-likeness (QED) is 0.477. The van der Waals surface area contributed by atoms with Crippen molar-refractivity contribution < 1.29 is 26.2 Å². The zero-order chi connectivity index (χ0) is 14.9. The standard InChI is InChI=1S/C10H21NO6SSi/c1-4-15-19(16-5-2,17-6-3)8-7-10(9-11)18(12,13)14/h10H,4-8H2,1-3H3,(H,12,13,14). The number of hydrogen-bond donors (Lipinski definition) is 1. The third-order valence-corrected chi connectivity index (χ3v) is 6.46. The van der Waals surface area contributed by atoms with Crippen LogP contribution in [0.2, 0.25) is 6.04 Å². The van der Waals surface area contributed by atoms with E-state index >= 15 is 0 Å². The van der Waals surface area contributed by atoms with Gasteiger partial charge in [-0.15, -0.1) is 0 Å². The van der Waals surface area contributed by atoms with E-state index in [1.54, 1.807) is 26.8 Å². The Hall–Kier alpha value is -0.503. The van der Waals surface area contributed by atoms with Crippen LogP contribution in [0.5, 0.6) is 0 Å². The molecule has 1 unspecified atom stereocenters. The van der Waals surface area contributed by atoms with Gasteiger partial charge in [0.1, 0.15) is 0 Å². The predicted octanol–water partition coefficient (Wildman–Crippen LogP) is 1.20. The molecule has 0 aromatic rings.